The van der Waals surface area contributed by atoms with Crippen LogP contribution in [0.3, 0.4) is 0 Å². The average Bonchev–Trinajstić information content (AvgIpc) is 2.41. The van der Waals surface area contributed by atoms with Crippen molar-refractivity contribution in [1.82, 2.24) is 0 Å². The van der Waals surface area contributed by atoms with Gasteiger partial charge in [-0.2, -0.15) is 0 Å². The van der Waals surface area contributed by atoms with E-state index < -0.39 is 5.97 Å². The molecule has 0 fully saturated rings. The van der Waals surface area contributed by atoms with Crippen molar-refractivity contribution in [1.29, 1.82) is 0 Å². The molecule has 0 aliphatic rings. The monoisotopic (exact) mass is 367 g/mol. The summed E-state index contributed by atoms with van der Waals surface area (Å²) in [6, 6.07) is 9.51. The second kappa shape index (κ2) is 6.28. The lowest BCUT2D eigenvalue weighted by Gasteiger charge is -2.08. The molecule has 4 nitrogen and oxygen atoms in total. The van der Waals surface area contributed by atoms with Crippen molar-refractivity contribution < 1.29 is 14.7 Å². The Balaban J connectivity index is 2.21. The second-order valence-electron chi connectivity index (χ2n) is 4.42. The molecule has 2 aromatic carbocycles. The van der Waals surface area contributed by atoms with Gasteiger partial charge in [-0.1, -0.05) is 11.6 Å². The standard InChI is InChI=1S/C15H11BrClNO3/c1-8-6-10(3-4-11(8)15(20)21)18-14(19)9-2-5-12(16)13(17)7-9/h2-7H,1H3,(H,18,19)(H,20,21). The van der Waals surface area contributed by atoms with Crippen LogP contribution in [0.25, 0.3) is 0 Å². The fraction of sp³-hybridized carbons (Fsp3) is 0.0667. The zero-order chi connectivity index (χ0) is 15.6. The molecule has 0 aromatic heterocycles. The molecule has 2 N–H and O–H groups in total. The van der Waals surface area contributed by atoms with E-state index in [2.05, 4.69) is 21.2 Å². The van der Waals surface area contributed by atoms with Crippen molar-refractivity contribution in [3.05, 3.63) is 62.6 Å². The first-order valence-corrected chi connectivity index (χ1v) is 7.16. The Morgan fingerprint density at radius 1 is 1.19 bits per heavy atom. The van der Waals surface area contributed by atoms with Crippen molar-refractivity contribution >= 4 is 45.1 Å². The smallest absolute Gasteiger partial charge is 0.335 e. The summed E-state index contributed by atoms with van der Waals surface area (Å²) in [5, 5.41) is 12.1. The maximum atomic E-state index is 12.1. The third kappa shape index (κ3) is 3.62. The number of aryl methyl sites for hydroxylation is 1. The molecule has 2 rings (SSSR count). The van der Waals surface area contributed by atoms with E-state index in [1.54, 1.807) is 37.3 Å². The van der Waals surface area contributed by atoms with E-state index in [4.69, 9.17) is 16.7 Å². The summed E-state index contributed by atoms with van der Waals surface area (Å²) in [6.45, 7) is 1.68. The number of carboxylic acid groups (broad SMARTS) is 1. The molecule has 6 heteroatoms. The molecule has 0 saturated heterocycles. The Morgan fingerprint density at radius 2 is 1.90 bits per heavy atom. The van der Waals surface area contributed by atoms with Crippen molar-refractivity contribution in [2.75, 3.05) is 5.32 Å². The molecule has 0 spiro atoms. The van der Waals surface area contributed by atoms with Crippen LogP contribution in [-0.2, 0) is 0 Å². The molecule has 2 aromatic rings. The molecule has 108 valence electrons. The van der Waals surface area contributed by atoms with Crippen LogP contribution in [0, 0.1) is 6.92 Å². The molecule has 0 unspecified atom stereocenters. The van der Waals surface area contributed by atoms with Gasteiger partial charge >= 0.3 is 5.97 Å². The van der Waals surface area contributed by atoms with Crippen molar-refractivity contribution in [2.45, 2.75) is 6.92 Å². The number of hydrogen-bond acceptors (Lipinski definition) is 2. The van der Waals surface area contributed by atoms with E-state index in [0.717, 1.165) is 0 Å². The lowest BCUT2D eigenvalue weighted by molar-refractivity contribution is 0.0696. The number of anilines is 1. The fourth-order valence-corrected chi connectivity index (χ4v) is 2.25. The van der Waals surface area contributed by atoms with E-state index in [-0.39, 0.29) is 11.5 Å². The summed E-state index contributed by atoms with van der Waals surface area (Å²) in [7, 11) is 0. The highest BCUT2D eigenvalue weighted by Crippen LogP contribution is 2.24. The first-order valence-electron chi connectivity index (χ1n) is 5.99. The number of aromatic carboxylic acids is 1. The Labute approximate surface area is 134 Å². The molecule has 1 amide bonds. The van der Waals surface area contributed by atoms with E-state index in [1.807, 2.05) is 0 Å². The second-order valence-corrected chi connectivity index (χ2v) is 5.68. The minimum Gasteiger partial charge on any atom is -0.478 e. The van der Waals surface area contributed by atoms with Gasteiger partial charge in [-0.05, 0) is 64.8 Å². The van der Waals surface area contributed by atoms with Crippen molar-refractivity contribution in [3.8, 4) is 0 Å². The van der Waals surface area contributed by atoms with Gasteiger partial charge in [-0.15, -0.1) is 0 Å². The van der Waals surface area contributed by atoms with E-state index in [1.165, 1.54) is 6.07 Å². The van der Waals surface area contributed by atoms with E-state index in [9.17, 15) is 9.59 Å². The molecule has 21 heavy (non-hydrogen) atoms. The molecule has 0 heterocycles. The van der Waals surface area contributed by atoms with Gasteiger partial charge in [-0.25, -0.2) is 4.79 Å². The summed E-state index contributed by atoms with van der Waals surface area (Å²) in [4.78, 5) is 23.0. The predicted molar refractivity (Wildman–Crippen MR) is 85.2 cm³/mol. The number of nitrogens with one attached hydrogen (secondary N) is 1. The van der Waals surface area contributed by atoms with Gasteiger partial charge in [-0.3, -0.25) is 4.79 Å². The molecule has 0 aliphatic heterocycles. The van der Waals surface area contributed by atoms with Crippen LogP contribution in [0.15, 0.2) is 40.9 Å². The average molecular weight is 369 g/mol. The Bertz CT molecular complexity index is 731. The normalized spacial score (nSPS) is 10.2. The van der Waals surface area contributed by atoms with Gasteiger partial charge in [0.1, 0.15) is 0 Å². The number of carbonyl (C=O) groups excluding carboxylic acids is 1. The molecule has 0 bridgehead atoms. The summed E-state index contributed by atoms with van der Waals surface area (Å²) in [5.41, 5.74) is 1.73. The maximum Gasteiger partial charge on any atom is 0.335 e. The maximum absolute atomic E-state index is 12.1. The van der Waals surface area contributed by atoms with E-state index in [0.29, 0.717) is 26.3 Å². The summed E-state index contributed by atoms with van der Waals surface area (Å²) < 4.78 is 0.711. The van der Waals surface area contributed by atoms with Crippen LogP contribution in [0.1, 0.15) is 26.3 Å². The van der Waals surface area contributed by atoms with Gasteiger partial charge in [0, 0.05) is 15.7 Å². The van der Waals surface area contributed by atoms with Gasteiger partial charge in [0.05, 0.1) is 10.6 Å². The van der Waals surface area contributed by atoms with Crippen LogP contribution in [0.5, 0.6) is 0 Å². The molecule has 0 radical (unpaired) electrons. The molecule has 0 aliphatic carbocycles. The lowest BCUT2D eigenvalue weighted by Crippen LogP contribution is -2.12. The molecular formula is C15H11BrClNO3. The fourth-order valence-electron chi connectivity index (χ4n) is 1.82. The van der Waals surface area contributed by atoms with Gasteiger partial charge in [0.25, 0.3) is 5.91 Å². The number of rotatable bonds is 3. The quantitative estimate of drug-likeness (QED) is 0.846. The first-order chi connectivity index (χ1) is 9.88. The van der Waals surface area contributed by atoms with Crippen molar-refractivity contribution in [3.63, 3.8) is 0 Å². The Kier molecular flexibility index (Phi) is 4.65. The topological polar surface area (TPSA) is 66.4 Å². The van der Waals surface area contributed by atoms with Crippen LogP contribution in [0.2, 0.25) is 5.02 Å². The summed E-state index contributed by atoms with van der Waals surface area (Å²) in [6.07, 6.45) is 0. The van der Waals surface area contributed by atoms with Crippen molar-refractivity contribution in [2.24, 2.45) is 0 Å². The first kappa shape index (κ1) is 15.5. The zero-order valence-corrected chi connectivity index (χ0v) is 13.3. The van der Waals surface area contributed by atoms with Crippen LogP contribution < -0.4 is 5.32 Å². The van der Waals surface area contributed by atoms with Gasteiger partial charge < -0.3 is 10.4 Å². The highest BCUT2D eigenvalue weighted by atomic mass is 79.9. The van der Waals surface area contributed by atoms with Crippen LogP contribution in [0.4, 0.5) is 5.69 Å². The minimum absolute atomic E-state index is 0.208. The molecule has 0 saturated carbocycles. The summed E-state index contributed by atoms with van der Waals surface area (Å²) in [5.74, 6) is -1.31. The third-order valence-corrected chi connectivity index (χ3v) is 4.13. The summed E-state index contributed by atoms with van der Waals surface area (Å²) >= 11 is 9.21. The zero-order valence-electron chi connectivity index (χ0n) is 11.0. The lowest BCUT2D eigenvalue weighted by atomic mass is 10.1. The molecular weight excluding hydrogens is 358 g/mol. The minimum atomic E-state index is -0.995. The highest BCUT2D eigenvalue weighted by molar-refractivity contribution is 9.10. The van der Waals surface area contributed by atoms with Crippen LogP contribution >= 0.6 is 27.5 Å². The Morgan fingerprint density at radius 3 is 2.48 bits per heavy atom. The number of halogens is 2. The Hall–Kier alpha value is -1.85. The molecule has 0 atom stereocenters. The predicted octanol–water partition coefficient (Wildman–Crippen LogP) is 4.36. The largest absolute Gasteiger partial charge is 0.478 e. The number of benzene rings is 2. The third-order valence-electron chi connectivity index (χ3n) is 2.90. The van der Waals surface area contributed by atoms with Crippen LogP contribution in [-0.4, -0.2) is 17.0 Å². The number of carbonyl (C=O) groups is 2. The van der Waals surface area contributed by atoms with Gasteiger partial charge in [0.2, 0.25) is 0 Å². The number of amides is 1. The van der Waals surface area contributed by atoms with Gasteiger partial charge in [0.15, 0.2) is 0 Å². The number of carboxylic acids is 1. The number of hydrogen-bond donors (Lipinski definition) is 2. The van der Waals surface area contributed by atoms with E-state index >= 15 is 0 Å². The highest BCUT2D eigenvalue weighted by Gasteiger charge is 2.11. The SMILES string of the molecule is Cc1cc(NC(=O)c2ccc(Br)c(Cl)c2)ccc1C(=O)O.